The number of aryl methyl sites for hydroxylation is 2. The second-order valence-electron chi connectivity index (χ2n) is 19.2. The van der Waals surface area contributed by atoms with Crippen molar-refractivity contribution in [3.63, 3.8) is 0 Å². The van der Waals surface area contributed by atoms with Crippen LogP contribution in [-0.2, 0) is 27.2 Å². The number of benzene rings is 4. The Hall–Kier alpha value is -4.11. The standard InChI is InChI=1S/C59H78O3/c1-3-5-19-58(61)55-41-37-53(38-42-55)51-33-29-49(30-34-51)47-25-21-45(22-26-47)15-11-7-9-13-17-57(60)18-14-10-8-12-16-46-23-27-48(28-24-46)50-31-35-52(36-32-50)54-39-43-56(44-40-54)59(62)20-6-4-2/h21-36,53-56H,3-20,37-44H2,1-2H3. The van der Waals surface area contributed by atoms with Gasteiger partial charge >= 0.3 is 0 Å². The van der Waals surface area contributed by atoms with Gasteiger partial charge in [-0.1, -0.05) is 149 Å². The van der Waals surface area contributed by atoms with Crippen molar-refractivity contribution in [1.82, 2.24) is 0 Å². The molecule has 0 saturated heterocycles. The summed E-state index contributed by atoms with van der Waals surface area (Å²) in [5.74, 6) is 3.21. The van der Waals surface area contributed by atoms with E-state index < -0.39 is 0 Å². The molecule has 0 spiro atoms. The van der Waals surface area contributed by atoms with Crippen LogP contribution in [-0.4, -0.2) is 17.3 Å². The van der Waals surface area contributed by atoms with Gasteiger partial charge in [-0.15, -0.1) is 0 Å². The first-order valence-corrected chi connectivity index (χ1v) is 25.4. The predicted octanol–water partition coefficient (Wildman–Crippen LogP) is 16.3. The maximum absolute atomic E-state index is 12.6. The van der Waals surface area contributed by atoms with Gasteiger partial charge in [-0.2, -0.15) is 0 Å². The van der Waals surface area contributed by atoms with Crippen molar-refractivity contribution in [3.8, 4) is 22.3 Å². The van der Waals surface area contributed by atoms with Gasteiger partial charge in [0.15, 0.2) is 0 Å². The summed E-state index contributed by atoms with van der Waals surface area (Å²) < 4.78 is 0. The largest absolute Gasteiger partial charge is 0.300 e. The summed E-state index contributed by atoms with van der Waals surface area (Å²) in [4.78, 5) is 37.5. The van der Waals surface area contributed by atoms with Crippen molar-refractivity contribution in [2.24, 2.45) is 11.8 Å². The van der Waals surface area contributed by atoms with Gasteiger partial charge < -0.3 is 0 Å². The number of hydrogen-bond donors (Lipinski definition) is 0. The van der Waals surface area contributed by atoms with Gasteiger partial charge in [0.25, 0.3) is 0 Å². The number of ketones is 3. The first-order chi connectivity index (χ1) is 30.4. The highest BCUT2D eigenvalue weighted by Crippen LogP contribution is 2.39. The van der Waals surface area contributed by atoms with Crippen molar-refractivity contribution in [1.29, 1.82) is 0 Å². The van der Waals surface area contributed by atoms with E-state index in [-0.39, 0.29) is 0 Å². The molecule has 0 unspecified atom stereocenters. The Labute approximate surface area is 376 Å². The molecule has 0 bridgehead atoms. The minimum absolute atomic E-state index is 0.298. The smallest absolute Gasteiger partial charge is 0.135 e. The third-order valence-electron chi connectivity index (χ3n) is 14.6. The molecule has 0 aromatic heterocycles. The number of carbonyl (C=O) groups excluding carboxylic acids is 3. The van der Waals surface area contributed by atoms with Gasteiger partial charge in [-0.25, -0.2) is 0 Å². The fraction of sp³-hybridized carbons (Fsp3) is 0.542. The van der Waals surface area contributed by atoms with Crippen molar-refractivity contribution >= 4 is 17.3 Å². The second-order valence-corrected chi connectivity index (χ2v) is 19.2. The Morgan fingerprint density at radius 2 is 0.694 bits per heavy atom. The van der Waals surface area contributed by atoms with Crippen LogP contribution in [0.5, 0.6) is 0 Å². The van der Waals surface area contributed by atoms with Crippen LogP contribution < -0.4 is 0 Å². The molecule has 62 heavy (non-hydrogen) atoms. The summed E-state index contributed by atoms with van der Waals surface area (Å²) in [5.41, 5.74) is 10.7. The Bertz CT molecular complexity index is 1760. The van der Waals surface area contributed by atoms with E-state index in [1.165, 1.54) is 70.2 Å². The van der Waals surface area contributed by atoms with E-state index in [1.54, 1.807) is 0 Å². The molecule has 4 aromatic rings. The highest BCUT2D eigenvalue weighted by atomic mass is 16.1. The molecule has 0 heterocycles. The van der Waals surface area contributed by atoms with E-state index in [0.717, 1.165) is 141 Å². The Morgan fingerprint density at radius 3 is 1.03 bits per heavy atom. The van der Waals surface area contributed by atoms with Crippen LogP contribution in [0.1, 0.15) is 202 Å². The molecule has 2 aliphatic rings. The van der Waals surface area contributed by atoms with Crippen molar-refractivity contribution in [2.75, 3.05) is 0 Å². The monoisotopic (exact) mass is 835 g/mol. The fourth-order valence-electron chi connectivity index (χ4n) is 10.4. The van der Waals surface area contributed by atoms with Crippen molar-refractivity contribution < 1.29 is 14.4 Å². The molecule has 3 nitrogen and oxygen atoms in total. The summed E-state index contributed by atoms with van der Waals surface area (Å²) in [6, 6.07) is 36.6. The van der Waals surface area contributed by atoms with Gasteiger partial charge in [-0.3, -0.25) is 14.4 Å². The molecule has 0 atom stereocenters. The lowest BCUT2D eigenvalue weighted by Gasteiger charge is -2.28. The molecule has 2 aliphatic carbocycles. The van der Waals surface area contributed by atoms with Crippen LogP contribution in [0.25, 0.3) is 22.3 Å². The van der Waals surface area contributed by atoms with Crippen LogP contribution >= 0.6 is 0 Å². The lowest BCUT2D eigenvalue weighted by Crippen LogP contribution is -2.21. The molecule has 2 saturated carbocycles. The van der Waals surface area contributed by atoms with E-state index in [2.05, 4.69) is 111 Å². The zero-order chi connectivity index (χ0) is 43.4. The SMILES string of the molecule is CCCCC(=O)C1CCC(c2ccc(-c3ccc(CCCCCCC(=O)CCCCCCc4ccc(-c5ccc(C6CCC(C(=O)CCCC)CC6)cc5)cc4)cc3)cc2)CC1. The average Bonchev–Trinajstić information content (AvgIpc) is 3.32. The highest BCUT2D eigenvalue weighted by molar-refractivity contribution is 5.81. The van der Waals surface area contributed by atoms with Crippen LogP contribution in [0.3, 0.4) is 0 Å². The van der Waals surface area contributed by atoms with E-state index in [1.807, 2.05) is 0 Å². The molecule has 0 N–H and O–H groups in total. The van der Waals surface area contributed by atoms with Gasteiger partial charge in [0, 0.05) is 37.5 Å². The normalized spacial score (nSPS) is 19.0. The zero-order valence-electron chi connectivity index (χ0n) is 38.7. The molecule has 0 radical (unpaired) electrons. The lowest BCUT2D eigenvalue weighted by atomic mass is 9.76. The summed E-state index contributed by atoms with van der Waals surface area (Å²) in [7, 11) is 0. The molecule has 4 aromatic carbocycles. The number of hydrogen-bond acceptors (Lipinski definition) is 3. The number of rotatable bonds is 26. The zero-order valence-corrected chi connectivity index (χ0v) is 38.7. The molecule has 2 fully saturated rings. The maximum atomic E-state index is 12.6. The molecular formula is C59H78O3. The van der Waals surface area contributed by atoms with Crippen molar-refractivity contribution in [3.05, 3.63) is 119 Å². The first kappa shape index (κ1) is 47.4. The van der Waals surface area contributed by atoms with E-state index in [4.69, 9.17) is 0 Å². The van der Waals surface area contributed by atoms with Crippen LogP contribution in [0.2, 0.25) is 0 Å². The highest BCUT2D eigenvalue weighted by Gasteiger charge is 2.28. The molecular weight excluding hydrogens is 757 g/mol. The van der Waals surface area contributed by atoms with E-state index in [9.17, 15) is 14.4 Å². The van der Waals surface area contributed by atoms with Gasteiger partial charge in [0.2, 0.25) is 0 Å². The predicted molar refractivity (Wildman–Crippen MR) is 261 cm³/mol. The quantitative estimate of drug-likeness (QED) is 0.0592. The second kappa shape index (κ2) is 25.9. The van der Waals surface area contributed by atoms with E-state index >= 15 is 0 Å². The third kappa shape index (κ3) is 15.0. The molecule has 0 amide bonds. The van der Waals surface area contributed by atoms with Crippen LogP contribution in [0, 0.1) is 11.8 Å². The van der Waals surface area contributed by atoms with Crippen molar-refractivity contribution in [2.45, 2.75) is 193 Å². The topological polar surface area (TPSA) is 51.2 Å². The molecule has 0 aliphatic heterocycles. The molecule has 332 valence electrons. The Balaban J connectivity index is 0.769. The van der Waals surface area contributed by atoms with Gasteiger partial charge in [0.1, 0.15) is 17.3 Å². The van der Waals surface area contributed by atoms with E-state index in [0.29, 0.717) is 41.0 Å². The number of unbranched alkanes of at least 4 members (excludes halogenated alkanes) is 8. The first-order valence-electron chi connectivity index (χ1n) is 25.4. The Morgan fingerprint density at radius 1 is 0.371 bits per heavy atom. The van der Waals surface area contributed by atoms with Crippen LogP contribution in [0.15, 0.2) is 97.1 Å². The summed E-state index contributed by atoms with van der Waals surface area (Å²) in [6.07, 6.45) is 27.3. The molecule has 3 heteroatoms. The number of carbonyl (C=O) groups is 3. The molecule has 6 rings (SSSR count). The summed E-state index contributed by atoms with van der Waals surface area (Å²) in [6.45, 7) is 4.33. The Kier molecular flexibility index (Phi) is 19.8. The lowest BCUT2D eigenvalue weighted by molar-refractivity contribution is -0.124. The van der Waals surface area contributed by atoms with Gasteiger partial charge in [0.05, 0.1) is 0 Å². The van der Waals surface area contributed by atoms with Crippen LogP contribution in [0.4, 0.5) is 0 Å². The summed E-state index contributed by atoms with van der Waals surface area (Å²) in [5, 5.41) is 0. The average molecular weight is 835 g/mol. The minimum atomic E-state index is 0.298. The minimum Gasteiger partial charge on any atom is -0.300 e. The number of Topliss-reactive ketones (excluding diaryl/α,β-unsaturated/α-hetero) is 3. The van der Waals surface area contributed by atoms with Gasteiger partial charge in [-0.05, 0) is 159 Å². The third-order valence-corrected chi connectivity index (χ3v) is 14.6. The summed E-state index contributed by atoms with van der Waals surface area (Å²) >= 11 is 0. The maximum Gasteiger partial charge on any atom is 0.135 e. The fourth-order valence-corrected chi connectivity index (χ4v) is 10.4.